The van der Waals surface area contributed by atoms with Crippen molar-refractivity contribution in [3.8, 4) is 0 Å². The maximum atomic E-state index is 5.45. The monoisotopic (exact) mass is 236 g/mol. The Morgan fingerprint density at radius 1 is 1.62 bits per heavy atom. The topological polar surface area (TPSA) is 59.6 Å². The van der Waals surface area contributed by atoms with Gasteiger partial charge in [0.25, 0.3) is 0 Å². The van der Waals surface area contributed by atoms with Gasteiger partial charge >= 0.3 is 0 Å². The largest absolute Gasteiger partial charge is 0.444 e. The minimum absolute atomic E-state index is 0.559. The van der Waals surface area contributed by atoms with Gasteiger partial charge in [0.1, 0.15) is 18.1 Å². The molecule has 1 aliphatic carbocycles. The standard InChI is InChI=1S/C10H12N4OS/c1-6-4-11-8(15-6)5-14-9(7-2-3-7)12-13-10(14)16/h4,7H,2-3,5H2,1H3,(H,13,16). The summed E-state index contributed by atoms with van der Waals surface area (Å²) >= 11 is 5.20. The number of aryl methyl sites for hydroxylation is 1. The molecular formula is C10H12N4OS. The molecule has 0 spiro atoms. The molecule has 0 bridgehead atoms. The highest BCUT2D eigenvalue weighted by Gasteiger charge is 2.29. The smallest absolute Gasteiger partial charge is 0.214 e. The van der Waals surface area contributed by atoms with Crippen LogP contribution in [0, 0.1) is 11.7 Å². The molecule has 1 N–H and O–H groups in total. The Morgan fingerprint density at radius 2 is 2.44 bits per heavy atom. The highest BCUT2D eigenvalue weighted by atomic mass is 32.1. The van der Waals surface area contributed by atoms with E-state index in [0.717, 1.165) is 11.6 Å². The fraction of sp³-hybridized carbons (Fsp3) is 0.500. The zero-order valence-electron chi connectivity index (χ0n) is 8.93. The quantitative estimate of drug-likeness (QED) is 0.830. The number of hydrogen-bond acceptors (Lipinski definition) is 4. The number of rotatable bonds is 3. The van der Waals surface area contributed by atoms with Crippen LogP contribution >= 0.6 is 12.2 Å². The average molecular weight is 236 g/mol. The number of nitrogens with zero attached hydrogens (tertiary/aromatic N) is 3. The van der Waals surface area contributed by atoms with E-state index < -0.39 is 0 Å². The van der Waals surface area contributed by atoms with Crippen LogP contribution in [0.25, 0.3) is 0 Å². The van der Waals surface area contributed by atoms with E-state index in [1.807, 2.05) is 11.5 Å². The minimum Gasteiger partial charge on any atom is -0.444 e. The number of nitrogens with one attached hydrogen (secondary N) is 1. The molecule has 16 heavy (non-hydrogen) atoms. The van der Waals surface area contributed by atoms with Gasteiger partial charge in [-0.15, -0.1) is 0 Å². The first-order valence-corrected chi connectivity index (χ1v) is 5.71. The van der Waals surface area contributed by atoms with Crippen LogP contribution in [0.15, 0.2) is 10.6 Å². The molecule has 0 amide bonds. The fourth-order valence-corrected chi connectivity index (χ4v) is 1.95. The molecule has 1 aliphatic rings. The molecule has 1 fully saturated rings. The summed E-state index contributed by atoms with van der Waals surface area (Å²) < 4.78 is 8.05. The summed E-state index contributed by atoms with van der Waals surface area (Å²) in [5.74, 6) is 3.08. The van der Waals surface area contributed by atoms with Crippen LogP contribution in [0.1, 0.15) is 36.2 Å². The van der Waals surface area contributed by atoms with Gasteiger partial charge in [0.15, 0.2) is 4.77 Å². The summed E-state index contributed by atoms with van der Waals surface area (Å²) in [6.07, 6.45) is 4.12. The zero-order valence-corrected chi connectivity index (χ0v) is 9.75. The number of H-pyrrole nitrogens is 1. The Hall–Kier alpha value is -1.43. The normalized spacial score (nSPS) is 15.6. The summed E-state index contributed by atoms with van der Waals surface area (Å²) in [4.78, 5) is 4.18. The Morgan fingerprint density at radius 3 is 3.06 bits per heavy atom. The van der Waals surface area contributed by atoms with Crippen LogP contribution in [0.4, 0.5) is 0 Å². The second-order valence-electron chi connectivity index (χ2n) is 4.11. The van der Waals surface area contributed by atoms with E-state index in [9.17, 15) is 0 Å². The van der Waals surface area contributed by atoms with E-state index >= 15 is 0 Å². The third-order valence-corrected chi connectivity index (χ3v) is 3.00. The average Bonchev–Trinajstić information content (AvgIpc) is 2.93. The Kier molecular flexibility index (Phi) is 2.17. The molecule has 84 valence electrons. The first-order valence-electron chi connectivity index (χ1n) is 5.30. The highest BCUT2D eigenvalue weighted by Crippen LogP contribution is 2.38. The summed E-state index contributed by atoms with van der Waals surface area (Å²) in [5.41, 5.74) is 0. The van der Waals surface area contributed by atoms with Crippen molar-refractivity contribution in [1.29, 1.82) is 0 Å². The first-order chi connectivity index (χ1) is 7.74. The Balaban J connectivity index is 1.93. The van der Waals surface area contributed by atoms with Gasteiger partial charge in [0, 0.05) is 5.92 Å². The van der Waals surface area contributed by atoms with E-state index in [0.29, 0.717) is 23.1 Å². The van der Waals surface area contributed by atoms with Crippen LogP contribution < -0.4 is 0 Å². The van der Waals surface area contributed by atoms with Gasteiger partial charge in [-0.3, -0.25) is 9.67 Å². The van der Waals surface area contributed by atoms with E-state index in [1.165, 1.54) is 12.8 Å². The fourth-order valence-electron chi connectivity index (χ4n) is 1.75. The van der Waals surface area contributed by atoms with E-state index in [2.05, 4.69) is 15.2 Å². The second kappa shape index (κ2) is 3.55. The van der Waals surface area contributed by atoms with Crippen molar-refractivity contribution in [2.45, 2.75) is 32.2 Å². The molecule has 0 aromatic carbocycles. The van der Waals surface area contributed by atoms with Crippen molar-refractivity contribution in [2.24, 2.45) is 0 Å². The first kappa shape index (κ1) is 9.77. The van der Waals surface area contributed by atoms with E-state index in [1.54, 1.807) is 6.20 Å². The summed E-state index contributed by atoms with van der Waals surface area (Å²) in [6.45, 7) is 2.45. The number of aromatic amines is 1. The molecular weight excluding hydrogens is 224 g/mol. The van der Waals surface area contributed by atoms with Crippen LogP contribution in [-0.2, 0) is 6.54 Å². The molecule has 2 aromatic rings. The summed E-state index contributed by atoms with van der Waals surface area (Å²) in [7, 11) is 0. The van der Waals surface area contributed by atoms with Crippen LogP contribution in [0.3, 0.4) is 0 Å². The van der Waals surface area contributed by atoms with Crippen LogP contribution in [-0.4, -0.2) is 19.7 Å². The molecule has 6 heteroatoms. The maximum absolute atomic E-state index is 5.45. The molecule has 3 rings (SSSR count). The highest BCUT2D eigenvalue weighted by molar-refractivity contribution is 7.71. The van der Waals surface area contributed by atoms with Gasteiger partial charge in [-0.1, -0.05) is 0 Å². The SMILES string of the molecule is Cc1cnc(Cn2c(C3CC3)n[nH]c2=S)o1. The third-order valence-electron chi connectivity index (χ3n) is 2.69. The number of oxazole rings is 1. The van der Waals surface area contributed by atoms with Gasteiger partial charge in [0.2, 0.25) is 5.89 Å². The van der Waals surface area contributed by atoms with E-state index in [-0.39, 0.29) is 0 Å². The molecule has 0 aliphatic heterocycles. The molecule has 0 saturated heterocycles. The maximum Gasteiger partial charge on any atom is 0.214 e. The Bertz CT molecular complexity index is 563. The van der Waals surface area contributed by atoms with Crippen LogP contribution in [0.2, 0.25) is 0 Å². The van der Waals surface area contributed by atoms with Gasteiger partial charge < -0.3 is 4.42 Å². The van der Waals surface area contributed by atoms with Crippen molar-refractivity contribution in [3.63, 3.8) is 0 Å². The lowest BCUT2D eigenvalue weighted by Gasteiger charge is -2.02. The summed E-state index contributed by atoms with van der Waals surface area (Å²) in [6, 6.07) is 0. The Labute approximate surface area is 97.5 Å². The van der Waals surface area contributed by atoms with Gasteiger partial charge in [-0.25, -0.2) is 4.98 Å². The zero-order chi connectivity index (χ0) is 11.1. The minimum atomic E-state index is 0.559. The molecule has 1 saturated carbocycles. The number of hydrogen-bond donors (Lipinski definition) is 1. The van der Waals surface area contributed by atoms with Crippen LogP contribution in [0.5, 0.6) is 0 Å². The molecule has 0 atom stereocenters. The molecule has 5 nitrogen and oxygen atoms in total. The van der Waals surface area contributed by atoms with Crippen molar-refractivity contribution >= 4 is 12.2 Å². The third kappa shape index (κ3) is 1.69. The lowest BCUT2D eigenvalue weighted by molar-refractivity contribution is 0.452. The van der Waals surface area contributed by atoms with Crippen molar-refractivity contribution in [3.05, 3.63) is 28.4 Å². The predicted octanol–water partition coefficient (Wildman–Crippen LogP) is 2.16. The lowest BCUT2D eigenvalue weighted by atomic mass is 10.4. The van der Waals surface area contributed by atoms with Crippen molar-refractivity contribution in [2.75, 3.05) is 0 Å². The number of aromatic nitrogens is 4. The molecule has 0 radical (unpaired) electrons. The van der Waals surface area contributed by atoms with Crippen molar-refractivity contribution in [1.82, 2.24) is 19.7 Å². The molecule has 2 heterocycles. The lowest BCUT2D eigenvalue weighted by Crippen LogP contribution is -2.04. The van der Waals surface area contributed by atoms with E-state index in [4.69, 9.17) is 16.6 Å². The van der Waals surface area contributed by atoms with Crippen molar-refractivity contribution < 1.29 is 4.42 Å². The molecule has 2 aromatic heterocycles. The second-order valence-corrected chi connectivity index (χ2v) is 4.50. The predicted molar refractivity (Wildman–Crippen MR) is 59.7 cm³/mol. The summed E-state index contributed by atoms with van der Waals surface area (Å²) in [5, 5.41) is 7.09. The van der Waals surface area contributed by atoms with Gasteiger partial charge in [0.05, 0.1) is 6.20 Å². The van der Waals surface area contributed by atoms with Gasteiger partial charge in [-0.2, -0.15) is 5.10 Å². The molecule has 0 unspecified atom stereocenters. The van der Waals surface area contributed by atoms with Gasteiger partial charge in [-0.05, 0) is 32.0 Å².